The summed E-state index contributed by atoms with van der Waals surface area (Å²) in [5, 5.41) is 6.53. The van der Waals surface area contributed by atoms with Crippen LogP contribution in [0.3, 0.4) is 0 Å². The molecule has 88 valence electrons. The average molecular weight is 211 g/mol. The molecule has 0 aromatic heterocycles. The van der Waals surface area contributed by atoms with Gasteiger partial charge in [0.1, 0.15) is 0 Å². The molecule has 1 rings (SSSR count). The molecule has 1 saturated carbocycles. The third kappa shape index (κ3) is 3.40. The van der Waals surface area contributed by atoms with E-state index in [0.717, 1.165) is 25.6 Å². The summed E-state index contributed by atoms with van der Waals surface area (Å²) < 4.78 is 0. The van der Waals surface area contributed by atoms with E-state index in [9.17, 15) is 0 Å². The van der Waals surface area contributed by atoms with Gasteiger partial charge in [-0.25, -0.2) is 0 Å². The van der Waals surface area contributed by atoms with Crippen molar-refractivity contribution < 1.29 is 0 Å². The summed E-state index contributed by atoms with van der Waals surface area (Å²) in [5.41, 5.74) is 0.524. The number of aliphatic imine (C=N–C) groups is 1. The van der Waals surface area contributed by atoms with Crippen LogP contribution in [-0.2, 0) is 0 Å². The number of guanidine groups is 1. The largest absolute Gasteiger partial charge is 0.357 e. The molecular formula is C12H25N3. The Kier molecular flexibility index (Phi) is 4.92. The number of hydrogen-bond acceptors (Lipinski definition) is 1. The highest BCUT2D eigenvalue weighted by atomic mass is 15.2. The zero-order chi connectivity index (χ0) is 11.1. The van der Waals surface area contributed by atoms with Gasteiger partial charge in [0, 0.05) is 19.6 Å². The number of hydrogen-bond donors (Lipinski definition) is 2. The molecule has 2 N–H and O–H groups in total. The van der Waals surface area contributed by atoms with Crippen LogP contribution in [0.2, 0.25) is 0 Å². The maximum atomic E-state index is 4.66. The molecule has 0 saturated heterocycles. The fourth-order valence-electron chi connectivity index (χ4n) is 2.06. The minimum Gasteiger partial charge on any atom is -0.357 e. The van der Waals surface area contributed by atoms with Crippen LogP contribution in [0.15, 0.2) is 4.99 Å². The predicted molar refractivity (Wildman–Crippen MR) is 66.2 cm³/mol. The molecule has 1 aliphatic carbocycles. The Balaban J connectivity index is 2.43. The van der Waals surface area contributed by atoms with Gasteiger partial charge in [0.25, 0.3) is 0 Å². The summed E-state index contributed by atoms with van der Waals surface area (Å²) in [6.45, 7) is 9.35. The molecule has 0 atom stereocenters. The first kappa shape index (κ1) is 12.3. The normalized spacial score (nSPS) is 17.8. The molecule has 0 heterocycles. The van der Waals surface area contributed by atoms with Crippen molar-refractivity contribution in [3.8, 4) is 0 Å². The SMILES string of the molecule is CCNC(=NCC1(CC)CCC1)NCC. The standard InChI is InChI=1S/C12H25N3/c1-4-12(8-7-9-12)10-15-11(13-5-2)14-6-3/h4-10H2,1-3H3,(H2,13,14,15). The van der Waals surface area contributed by atoms with Crippen LogP contribution in [0.1, 0.15) is 46.5 Å². The first-order valence-electron chi connectivity index (χ1n) is 6.28. The molecule has 0 radical (unpaired) electrons. The molecule has 0 aliphatic heterocycles. The molecule has 1 fully saturated rings. The van der Waals surface area contributed by atoms with Crippen molar-refractivity contribution in [2.75, 3.05) is 19.6 Å². The minimum atomic E-state index is 0.524. The number of rotatable bonds is 5. The lowest BCUT2D eigenvalue weighted by atomic mass is 9.67. The molecule has 0 spiro atoms. The third-order valence-electron chi connectivity index (χ3n) is 3.43. The van der Waals surface area contributed by atoms with Crippen LogP contribution in [0.25, 0.3) is 0 Å². The van der Waals surface area contributed by atoms with Gasteiger partial charge in [-0.3, -0.25) is 4.99 Å². The Hall–Kier alpha value is -0.730. The minimum absolute atomic E-state index is 0.524. The van der Waals surface area contributed by atoms with E-state index in [1.54, 1.807) is 0 Å². The van der Waals surface area contributed by atoms with Crippen LogP contribution in [0.5, 0.6) is 0 Å². The molecule has 3 nitrogen and oxygen atoms in total. The van der Waals surface area contributed by atoms with Gasteiger partial charge in [0.05, 0.1) is 0 Å². The molecular weight excluding hydrogens is 186 g/mol. The maximum absolute atomic E-state index is 4.66. The van der Waals surface area contributed by atoms with Gasteiger partial charge in [0.15, 0.2) is 5.96 Å². The third-order valence-corrected chi connectivity index (χ3v) is 3.43. The van der Waals surface area contributed by atoms with Crippen molar-refractivity contribution in [3.63, 3.8) is 0 Å². The zero-order valence-corrected chi connectivity index (χ0v) is 10.4. The van der Waals surface area contributed by atoms with Crippen molar-refractivity contribution in [1.29, 1.82) is 0 Å². The smallest absolute Gasteiger partial charge is 0.191 e. The van der Waals surface area contributed by atoms with Crippen molar-refractivity contribution in [1.82, 2.24) is 10.6 Å². The van der Waals surface area contributed by atoms with E-state index in [0.29, 0.717) is 5.41 Å². The second-order valence-corrected chi connectivity index (χ2v) is 4.43. The highest BCUT2D eigenvalue weighted by molar-refractivity contribution is 5.79. The predicted octanol–water partition coefficient (Wildman–Crippen LogP) is 2.14. The molecule has 0 bridgehead atoms. The van der Waals surface area contributed by atoms with E-state index in [2.05, 4.69) is 36.4 Å². The van der Waals surface area contributed by atoms with Gasteiger partial charge in [-0.05, 0) is 38.5 Å². The van der Waals surface area contributed by atoms with E-state index in [-0.39, 0.29) is 0 Å². The summed E-state index contributed by atoms with van der Waals surface area (Å²) in [6, 6.07) is 0. The Morgan fingerprint density at radius 2 is 1.73 bits per heavy atom. The number of nitrogens with zero attached hydrogens (tertiary/aromatic N) is 1. The molecule has 15 heavy (non-hydrogen) atoms. The fourth-order valence-corrected chi connectivity index (χ4v) is 2.06. The van der Waals surface area contributed by atoms with Gasteiger partial charge < -0.3 is 10.6 Å². The first-order chi connectivity index (χ1) is 7.26. The zero-order valence-electron chi connectivity index (χ0n) is 10.4. The van der Waals surface area contributed by atoms with Gasteiger partial charge in [0.2, 0.25) is 0 Å². The van der Waals surface area contributed by atoms with Crippen LogP contribution in [0.4, 0.5) is 0 Å². The molecule has 3 heteroatoms. The van der Waals surface area contributed by atoms with Gasteiger partial charge in [-0.15, -0.1) is 0 Å². The fraction of sp³-hybridized carbons (Fsp3) is 0.917. The number of nitrogens with one attached hydrogen (secondary N) is 2. The lowest BCUT2D eigenvalue weighted by Gasteiger charge is -2.40. The monoisotopic (exact) mass is 211 g/mol. The Morgan fingerprint density at radius 1 is 1.13 bits per heavy atom. The second kappa shape index (κ2) is 5.99. The topological polar surface area (TPSA) is 36.4 Å². The van der Waals surface area contributed by atoms with E-state index in [1.807, 2.05) is 0 Å². The summed E-state index contributed by atoms with van der Waals surface area (Å²) >= 11 is 0. The van der Waals surface area contributed by atoms with E-state index >= 15 is 0 Å². The first-order valence-corrected chi connectivity index (χ1v) is 6.28. The van der Waals surface area contributed by atoms with Gasteiger partial charge in [-0.1, -0.05) is 13.3 Å². The molecule has 0 aromatic rings. The summed E-state index contributed by atoms with van der Waals surface area (Å²) in [4.78, 5) is 4.66. The van der Waals surface area contributed by atoms with Gasteiger partial charge >= 0.3 is 0 Å². The summed E-state index contributed by atoms with van der Waals surface area (Å²) in [6.07, 6.45) is 5.38. The molecule has 0 unspecified atom stereocenters. The van der Waals surface area contributed by atoms with Crippen LogP contribution in [0, 0.1) is 5.41 Å². The molecule has 0 aromatic carbocycles. The Labute approximate surface area is 93.7 Å². The van der Waals surface area contributed by atoms with E-state index in [1.165, 1.54) is 25.7 Å². The highest BCUT2D eigenvalue weighted by Crippen LogP contribution is 2.43. The maximum Gasteiger partial charge on any atom is 0.191 e. The van der Waals surface area contributed by atoms with Crippen molar-refractivity contribution in [3.05, 3.63) is 0 Å². The van der Waals surface area contributed by atoms with Crippen LogP contribution in [-0.4, -0.2) is 25.6 Å². The van der Waals surface area contributed by atoms with Crippen molar-refractivity contribution in [2.45, 2.75) is 46.5 Å². The average Bonchev–Trinajstić information content (AvgIpc) is 2.17. The van der Waals surface area contributed by atoms with E-state index in [4.69, 9.17) is 0 Å². The molecule has 0 amide bonds. The lowest BCUT2D eigenvalue weighted by molar-refractivity contribution is 0.139. The second-order valence-electron chi connectivity index (χ2n) is 4.43. The van der Waals surface area contributed by atoms with Crippen LogP contribution < -0.4 is 10.6 Å². The highest BCUT2D eigenvalue weighted by Gasteiger charge is 2.34. The van der Waals surface area contributed by atoms with Crippen molar-refractivity contribution >= 4 is 5.96 Å². The Morgan fingerprint density at radius 3 is 2.07 bits per heavy atom. The van der Waals surface area contributed by atoms with Crippen LogP contribution >= 0.6 is 0 Å². The quantitative estimate of drug-likeness (QED) is 0.540. The van der Waals surface area contributed by atoms with Gasteiger partial charge in [-0.2, -0.15) is 0 Å². The lowest BCUT2D eigenvalue weighted by Crippen LogP contribution is -2.39. The Bertz CT molecular complexity index is 193. The summed E-state index contributed by atoms with van der Waals surface area (Å²) in [5.74, 6) is 0.972. The van der Waals surface area contributed by atoms with Crippen molar-refractivity contribution in [2.24, 2.45) is 10.4 Å². The van der Waals surface area contributed by atoms with E-state index < -0.39 is 0 Å². The summed E-state index contributed by atoms with van der Waals surface area (Å²) in [7, 11) is 0. The molecule has 1 aliphatic rings.